The van der Waals surface area contributed by atoms with E-state index in [0.29, 0.717) is 25.1 Å². The molecule has 0 spiro atoms. The molecular formula is C17H20F3N3S. The third-order valence-electron chi connectivity index (χ3n) is 4.60. The van der Waals surface area contributed by atoms with Crippen LogP contribution < -0.4 is 0 Å². The fourth-order valence-electron chi connectivity index (χ4n) is 3.51. The highest BCUT2D eigenvalue weighted by atomic mass is 32.1. The van der Waals surface area contributed by atoms with Crippen molar-refractivity contribution < 1.29 is 13.2 Å². The lowest BCUT2D eigenvalue weighted by molar-refractivity contribution is -0.227. The van der Waals surface area contributed by atoms with Crippen molar-refractivity contribution in [2.75, 3.05) is 6.54 Å². The molecule has 0 N–H and O–H groups in total. The standard InChI is InChI=1S/C17H20F3N3S/c1-2-7-16(17(18,19)20)8-5-10-23(16)11-13-12-24-15(22-13)14-6-3-4-9-21-14/h3-4,6,9,12H,2,5,7-8,10-11H2,1H3/t16-/m0/s1. The number of hydrogen-bond donors (Lipinski definition) is 0. The Morgan fingerprint density at radius 2 is 2.17 bits per heavy atom. The fraction of sp³-hybridized carbons (Fsp3) is 0.529. The van der Waals surface area contributed by atoms with E-state index in [9.17, 15) is 13.2 Å². The second-order valence-corrected chi connectivity index (χ2v) is 7.02. The summed E-state index contributed by atoms with van der Waals surface area (Å²) in [5.74, 6) is 0. The molecule has 3 heterocycles. The van der Waals surface area contributed by atoms with Crippen molar-refractivity contribution in [2.24, 2.45) is 0 Å². The van der Waals surface area contributed by atoms with E-state index in [1.54, 1.807) is 11.1 Å². The van der Waals surface area contributed by atoms with E-state index >= 15 is 0 Å². The number of likely N-dealkylation sites (tertiary alicyclic amines) is 1. The SMILES string of the molecule is CCC[C@@]1(C(F)(F)F)CCCN1Cc1csc(-c2ccccn2)n1. The van der Waals surface area contributed by atoms with Crippen molar-refractivity contribution in [1.82, 2.24) is 14.9 Å². The van der Waals surface area contributed by atoms with Crippen molar-refractivity contribution in [1.29, 1.82) is 0 Å². The van der Waals surface area contributed by atoms with E-state index in [4.69, 9.17) is 0 Å². The molecule has 1 fully saturated rings. The Bertz CT molecular complexity index is 671. The molecule has 1 saturated heterocycles. The lowest BCUT2D eigenvalue weighted by atomic mass is 9.89. The van der Waals surface area contributed by atoms with Gasteiger partial charge in [0.15, 0.2) is 0 Å². The van der Waals surface area contributed by atoms with Crippen LogP contribution in [-0.2, 0) is 6.54 Å². The van der Waals surface area contributed by atoms with Gasteiger partial charge in [0.1, 0.15) is 10.5 Å². The first-order chi connectivity index (χ1) is 11.5. The minimum absolute atomic E-state index is 0.147. The number of hydrogen-bond acceptors (Lipinski definition) is 4. The third-order valence-corrected chi connectivity index (χ3v) is 5.52. The highest BCUT2D eigenvalue weighted by Gasteiger charge is 2.59. The molecule has 1 aliphatic rings. The van der Waals surface area contributed by atoms with Crippen molar-refractivity contribution in [3.8, 4) is 10.7 Å². The smallest absolute Gasteiger partial charge is 0.284 e. The van der Waals surface area contributed by atoms with E-state index in [1.165, 1.54) is 11.3 Å². The molecular weight excluding hydrogens is 335 g/mol. The number of aromatic nitrogens is 2. The molecule has 0 unspecified atom stereocenters. The molecule has 1 aliphatic heterocycles. The largest absolute Gasteiger partial charge is 0.406 e. The molecule has 0 bridgehead atoms. The van der Waals surface area contributed by atoms with E-state index in [2.05, 4.69) is 9.97 Å². The van der Waals surface area contributed by atoms with E-state index in [1.807, 2.05) is 30.5 Å². The highest BCUT2D eigenvalue weighted by Crippen LogP contribution is 2.46. The molecule has 0 saturated carbocycles. The van der Waals surface area contributed by atoms with Crippen LogP contribution in [0.25, 0.3) is 10.7 Å². The van der Waals surface area contributed by atoms with Crippen LogP contribution in [-0.4, -0.2) is 33.1 Å². The number of halogens is 3. The minimum atomic E-state index is -4.21. The zero-order valence-electron chi connectivity index (χ0n) is 13.5. The molecule has 1 atom stereocenters. The van der Waals surface area contributed by atoms with Crippen molar-refractivity contribution in [2.45, 2.75) is 50.9 Å². The Morgan fingerprint density at radius 1 is 1.33 bits per heavy atom. The second-order valence-electron chi connectivity index (χ2n) is 6.16. The maximum Gasteiger partial charge on any atom is 0.406 e. The van der Waals surface area contributed by atoms with Crippen LogP contribution in [0.1, 0.15) is 38.3 Å². The molecule has 0 amide bonds. The summed E-state index contributed by atoms with van der Waals surface area (Å²) in [6.07, 6.45) is -1.09. The normalized spacial score (nSPS) is 22.2. The summed E-state index contributed by atoms with van der Waals surface area (Å²) in [5.41, 5.74) is -0.255. The summed E-state index contributed by atoms with van der Waals surface area (Å²) >= 11 is 1.43. The Hall–Kier alpha value is -1.47. The molecule has 130 valence electrons. The predicted molar refractivity (Wildman–Crippen MR) is 88.7 cm³/mol. The van der Waals surface area contributed by atoms with Crippen molar-refractivity contribution in [3.05, 3.63) is 35.5 Å². The second kappa shape index (κ2) is 6.80. The van der Waals surface area contributed by atoms with Gasteiger partial charge < -0.3 is 0 Å². The molecule has 3 nitrogen and oxygen atoms in total. The van der Waals surface area contributed by atoms with E-state index in [0.717, 1.165) is 10.7 Å². The van der Waals surface area contributed by atoms with Gasteiger partial charge in [-0.3, -0.25) is 9.88 Å². The summed E-state index contributed by atoms with van der Waals surface area (Å²) in [6, 6.07) is 5.56. The van der Waals surface area contributed by atoms with Gasteiger partial charge in [0.05, 0.1) is 11.4 Å². The monoisotopic (exact) mass is 355 g/mol. The number of rotatable bonds is 5. The average Bonchev–Trinajstić information content (AvgIpc) is 3.17. The first kappa shape index (κ1) is 17.4. The number of alkyl halides is 3. The Kier molecular flexibility index (Phi) is 4.92. The van der Waals surface area contributed by atoms with Crippen molar-refractivity contribution in [3.63, 3.8) is 0 Å². The zero-order chi connectivity index (χ0) is 17.2. The zero-order valence-corrected chi connectivity index (χ0v) is 14.3. The predicted octanol–water partition coefficient (Wildman–Crippen LogP) is 4.90. The first-order valence-corrected chi connectivity index (χ1v) is 9.02. The number of nitrogens with zero attached hydrogens (tertiary/aromatic N) is 3. The molecule has 0 aromatic carbocycles. The van der Waals surface area contributed by atoms with Crippen LogP contribution in [0.15, 0.2) is 29.8 Å². The summed E-state index contributed by atoms with van der Waals surface area (Å²) in [5, 5.41) is 2.59. The Morgan fingerprint density at radius 3 is 2.83 bits per heavy atom. The Labute approximate surface area is 143 Å². The summed E-state index contributed by atoms with van der Waals surface area (Å²) < 4.78 is 41.3. The van der Waals surface area contributed by atoms with E-state index < -0.39 is 11.7 Å². The summed E-state index contributed by atoms with van der Waals surface area (Å²) in [6.45, 7) is 2.52. The number of pyridine rings is 1. The topological polar surface area (TPSA) is 29.0 Å². The lowest BCUT2D eigenvalue weighted by Crippen LogP contribution is -2.54. The van der Waals surface area contributed by atoms with Crippen LogP contribution in [0.5, 0.6) is 0 Å². The molecule has 24 heavy (non-hydrogen) atoms. The van der Waals surface area contributed by atoms with Gasteiger partial charge in [-0.2, -0.15) is 13.2 Å². The van der Waals surface area contributed by atoms with Gasteiger partial charge in [0, 0.05) is 18.1 Å². The fourth-order valence-corrected chi connectivity index (χ4v) is 4.29. The minimum Gasteiger partial charge on any atom is -0.284 e. The van der Waals surface area contributed by atoms with Crippen LogP contribution in [0.3, 0.4) is 0 Å². The van der Waals surface area contributed by atoms with Gasteiger partial charge in [-0.05, 0) is 37.9 Å². The third kappa shape index (κ3) is 3.19. The van der Waals surface area contributed by atoms with Gasteiger partial charge in [-0.15, -0.1) is 11.3 Å². The molecule has 2 aromatic heterocycles. The van der Waals surface area contributed by atoms with Gasteiger partial charge in [0.2, 0.25) is 0 Å². The van der Waals surface area contributed by atoms with E-state index in [-0.39, 0.29) is 19.4 Å². The van der Waals surface area contributed by atoms with Gasteiger partial charge >= 0.3 is 6.18 Å². The average molecular weight is 355 g/mol. The Balaban J connectivity index is 1.81. The van der Waals surface area contributed by atoms with Gasteiger partial charge in [0.25, 0.3) is 0 Å². The maximum atomic E-state index is 13.8. The first-order valence-electron chi connectivity index (χ1n) is 8.14. The van der Waals surface area contributed by atoms with Crippen LogP contribution >= 0.6 is 11.3 Å². The number of thiazole rings is 1. The molecule has 3 rings (SSSR count). The van der Waals surface area contributed by atoms with Crippen molar-refractivity contribution >= 4 is 11.3 Å². The molecule has 2 aromatic rings. The lowest BCUT2D eigenvalue weighted by Gasteiger charge is -2.39. The van der Waals surface area contributed by atoms with Crippen LogP contribution in [0.2, 0.25) is 0 Å². The molecule has 0 radical (unpaired) electrons. The van der Waals surface area contributed by atoms with Crippen LogP contribution in [0, 0.1) is 0 Å². The summed E-state index contributed by atoms with van der Waals surface area (Å²) in [4.78, 5) is 10.3. The quantitative estimate of drug-likeness (QED) is 0.764. The van der Waals surface area contributed by atoms with Gasteiger partial charge in [-0.1, -0.05) is 19.4 Å². The molecule has 7 heteroatoms. The maximum absolute atomic E-state index is 13.8. The van der Waals surface area contributed by atoms with Gasteiger partial charge in [-0.25, -0.2) is 4.98 Å². The summed E-state index contributed by atoms with van der Waals surface area (Å²) in [7, 11) is 0. The highest BCUT2D eigenvalue weighted by molar-refractivity contribution is 7.13. The molecule has 0 aliphatic carbocycles. The van der Waals surface area contributed by atoms with Crippen LogP contribution in [0.4, 0.5) is 13.2 Å².